The van der Waals surface area contributed by atoms with Gasteiger partial charge in [-0.15, -0.1) is 13.2 Å². The molecule has 15 heteroatoms. The Balaban J connectivity index is 1.55. The van der Waals surface area contributed by atoms with Crippen molar-refractivity contribution in [2.24, 2.45) is 5.92 Å². The van der Waals surface area contributed by atoms with Gasteiger partial charge in [-0.25, -0.2) is 13.2 Å². The number of amides is 2. The number of halogens is 3. The first-order valence-corrected chi connectivity index (χ1v) is 16.3. The Morgan fingerprint density at radius 3 is 2.43 bits per heavy atom. The second-order valence-corrected chi connectivity index (χ2v) is 13.2. The number of aliphatic hydroxyl groups is 1. The van der Waals surface area contributed by atoms with Crippen LogP contribution in [-0.4, -0.2) is 74.1 Å². The van der Waals surface area contributed by atoms with Gasteiger partial charge in [0.1, 0.15) is 5.75 Å². The first-order chi connectivity index (χ1) is 22.2. The van der Waals surface area contributed by atoms with E-state index in [-0.39, 0.29) is 42.6 Å². The monoisotopic (exact) mass is 678 g/mol. The number of sulfonamides is 1. The number of carbonyl (C=O) groups excluding carboxylic acids is 2. The molecule has 0 radical (unpaired) electrons. The van der Waals surface area contributed by atoms with Crippen molar-refractivity contribution in [3.63, 3.8) is 0 Å². The fourth-order valence-electron chi connectivity index (χ4n) is 4.96. The molecule has 3 aromatic carbocycles. The van der Waals surface area contributed by atoms with Crippen LogP contribution in [0, 0.1) is 5.92 Å². The second-order valence-electron chi connectivity index (χ2n) is 11.3. The quantitative estimate of drug-likeness (QED) is 0.214. The van der Waals surface area contributed by atoms with Crippen LogP contribution >= 0.6 is 0 Å². The molecule has 2 amide bonds. The summed E-state index contributed by atoms with van der Waals surface area (Å²) in [4.78, 5) is 27.1. The highest BCUT2D eigenvalue weighted by atomic mass is 32.2. The van der Waals surface area contributed by atoms with Crippen LogP contribution in [0.2, 0.25) is 0 Å². The molecule has 1 aliphatic rings. The zero-order valence-corrected chi connectivity index (χ0v) is 26.6. The van der Waals surface area contributed by atoms with Crippen LogP contribution in [0.5, 0.6) is 5.75 Å². The SMILES string of the molecule is CC[C@H](C)CN(C[C@@H](O)[C@H](Cc1ccccc1)NC(=O)[C@@H]1CN(c2cccc(OC(F)(F)F)c2)C(=O)O1)S(=O)(=O)c1ccc(N)cc1. The van der Waals surface area contributed by atoms with Gasteiger partial charge in [-0.2, -0.15) is 4.31 Å². The van der Waals surface area contributed by atoms with E-state index in [0.29, 0.717) is 12.1 Å². The van der Waals surface area contributed by atoms with Crippen LogP contribution < -0.4 is 20.7 Å². The summed E-state index contributed by atoms with van der Waals surface area (Å²) in [5, 5.41) is 14.2. The predicted octanol–water partition coefficient (Wildman–Crippen LogP) is 4.32. The number of anilines is 2. The number of alkyl halides is 3. The van der Waals surface area contributed by atoms with Crippen molar-refractivity contribution in [1.82, 2.24) is 9.62 Å². The Labute approximate surface area is 271 Å². The molecule has 4 atom stereocenters. The Morgan fingerprint density at radius 1 is 1.11 bits per heavy atom. The van der Waals surface area contributed by atoms with Crippen LogP contribution in [0.25, 0.3) is 0 Å². The summed E-state index contributed by atoms with van der Waals surface area (Å²) in [6.45, 7) is 3.20. The largest absolute Gasteiger partial charge is 0.573 e. The highest BCUT2D eigenvalue weighted by Crippen LogP contribution is 2.29. The number of nitrogen functional groups attached to an aromatic ring is 1. The molecule has 1 fully saturated rings. The molecular weight excluding hydrogens is 641 g/mol. The molecule has 4 rings (SSSR count). The van der Waals surface area contributed by atoms with Crippen LogP contribution in [0.1, 0.15) is 25.8 Å². The third-order valence-electron chi connectivity index (χ3n) is 7.68. The van der Waals surface area contributed by atoms with Gasteiger partial charge in [0.25, 0.3) is 5.91 Å². The van der Waals surface area contributed by atoms with Gasteiger partial charge < -0.3 is 25.6 Å². The number of nitrogens with zero attached hydrogens (tertiary/aromatic N) is 2. The van der Waals surface area contributed by atoms with Gasteiger partial charge >= 0.3 is 12.5 Å². The van der Waals surface area contributed by atoms with Crippen LogP contribution in [0.15, 0.2) is 83.8 Å². The van der Waals surface area contributed by atoms with Gasteiger partial charge in [-0.3, -0.25) is 9.69 Å². The summed E-state index contributed by atoms with van der Waals surface area (Å²) in [5.41, 5.74) is 6.89. The smallest absolute Gasteiger partial charge is 0.434 e. The lowest BCUT2D eigenvalue weighted by molar-refractivity contribution is -0.274. The minimum absolute atomic E-state index is 0.00601. The van der Waals surface area contributed by atoms with Crippen LogP contribution in [0.4, 0.5) is 29.3 Å². The molecule has 1 saturated heterocycles. The van der Waals surface area contributed by atoms with E-state index in [0.717, 1.165) is 22.6 Å². The minimum atomic E-state index is -4.94. The lowest BCUT2D eigenvalue weighted by Gasteiger charge is -2.31. The molecule has 0 aromatic heterocycles. The van der Waals surface area contributed by atoms with E-state index >= 15 is 0 Å². The van der Waals surface area contributed by atoms with Gasteiger partial charge in [0.2, 0.25) is 10.0 Å². The molecule has 254 valence electrons. The number of aliphatic hydroxyl groups excluding tert-OH is 1. The molecule has 0 unspecified atom stereocenters. The fourth-order valence-corrected chi connectivity index (χ4v) is 6.54. The van der Waals surface area contributed by atoms with E-state index in [4.69, 9.17) is 10.5 Å². The van der Waals surface area contributed by atoms with E-state index in [1.54, 1.807) is 30.3 Å². The van der Waals surface area contributed by atoms with Crippen molar-refractivity contribution in [2.45, 2.75) is 56.2 Å². The maximum Gasteiger partial charge on any atom is 0.573 e. The number of benzene rings is 3. The lowest BCUT2D eigenvalue weighted by Crippen LogP contribution is -2.53. The molecule has 1 aliphatic heterocycles. The number of rotatable bonds is 14. The van der Waals surface area contributed by atoms with Crippen LogP contribution in [0.3, 0.4) is 0 Å². The summed E-state index contributed by atoms with van der Waals surface area (Å²) in [6, 6.07) is 18.2. The topological polar surface area (TPSA) is 152 Å². The molecule has 1 heterocycles. The molecule has 0 spiro atoms. The highest BCUT2D eigenvalue weighted by Gasteiger charge is 2.40. The molecule has 0 aliphatic carbocycles. The maximum absolute atomic E-state index is 13.7. The van der Waals surface area contributed by atoms with Crippen molar-refractivity contribution in [3.05, 3.63) is 84.4 Å². The number of nitrogens with two attached hydrogens (primary N) is 1. The second kappa shape index (κ2) is 15.0. The Bertz CT molecular complexity index is 1630. The zero-order chi connectivity index (χ0) is 34.4. The number of hydrogen-bond acceptors (Lipinski definition) is 8. The maximum atomic E-state index is 13.7. The van der Waals surface area contributed by atoms with E-state index < -0.39 is 52.4 Å². The van der Waals surface area contributed by atoms with E-state index in [2.05, 4.69) is 10.1 Å². The van der Waals surface area contributed by atoms with Crippen molar-refractivity contribution in [1.29, 1.82) is 0 Å². The normalized spacial score (nSPS) is 17.2. The van der Waals surface area contributed by atoms with Crippen molar-refractivity contribution in [3.8, 4) is 5.75 Å². The first kappa shape index (κ1) is 35.5. The summed E-state index contributed by atoms with van der Waals surface area (Å²) < 4.78 is 75.9. The Kier molecular flexibility index (Phi) is 11.4. The number of hydrogen-bond donors (Lipinski definition) is 3. The van der Waals surface area contributed by atoms with Gasteiger partial charge in [0.15, 0.2) is 6.10 Å². The van der Waals surface area contributed by atoms with E-state index in [9.17, 15) is 36.3 Å². The standard InChI is InChI=1S/C32H37F3N4O7S/c1-3-21(2)18-38(47(43,44)26-14-12-23(36)13-15-26)19-28(40)27(16-22-8-5-4-6-9-22)37-30(41)29-20-39(31(42)45-29)24-10-7-11-25(17-24)46-32(33,34)35/h4-15,17,21,27-29,40H,3,16,18-20,36H2,1-2H3,(H,37,41)/t21-,27-,28+,29-/m0/s1. The summed E-state index contributed by atoms with van der Waals surface area (Å²) >= 11 is 0. The zero-order valence-electron chi connectivity index (χ0n) is 25.8. The minimum Gasteiger partial charge on any atom is -0.434 e. The molecule has 3 aromatic rings. The van der Waals surface area contributed by atoms with Gasteiger partial charge in [0.05, 0.1) is 29.3 Å². The number of ether oxygens (including phenoxy) is 2. The lowest BCUT2D eigenvalue weighted by atomic mass is 10.0. The molecule has 11 nitrogen and oxygen atoms in total. The molecule has 0 bridgehead atoms. The van der Waals surface area contributed by atoms with E-state index in [1.807, 2.05) is 13.8 Å². The fraction of sp³-hybridized carbons (Fsp3) is 0.375. The van der Waals surface area contributed by atoms with Gasteiger partial charge in [-0.05, 0) is 54.3 Å². The van der Waals surface area contributed by atoms with Crippen molar-refractivity contribution in [2.75, 3.05) is 30.3 Å². The Hall–Kier alpha value is -4.34. The predicted molar refractivity (Wildman–Crippen MR) is 168 cm³/mol. The summed E-state index contributed by atoms with van der Waals surface area (Å²) in [5.74, 6) is -1.40. The van der Waals surface area contributed by atoms with Gasteiger partial charge in [-0.1, -0.05) is 56.7 Å². The van der Waals surface area contributed by atoms with E-state index in [1.165, 1.54) is 40.7 Å². The van der Waals surface area contributed by atoms with Crippen LogP contribution in [-0.2, 0) is 26.0 Å². The molecule has 0 saturated carbocycles. The van der Waals surface area contributed by atoms with Gasteiger partial charge in [0, 0.05) is 24.8 Å². The third kappa shape index (κ3) is 9.59. The molecule has 4 N–H and O–H groups in total. The third-order valence-corrected chi connectivity index (χ3v) is 9.52. The number of cyclic esters (lactones) is 1. The average molecular weight is 679 g/mol. The average Bonchev–Trinajstić information content (AvgIpc) is 3.42. The van der Waals surface area contributed by atoms with Crippen molar-refractivity contribution < 1.29 is 45.8 Å². The number of nitrogens with one attached hydrogen (secondary N) is 1. The highest BCUT2D eigenvalue weighted by molar-refractivity contribution is 7.89. The summed E-state index contributed by atoms with van der Waals surface area (Å²) in [7, 11) is -4.08. The molecular formula is C32H37F3N4O7S. The number of carbonyl (C=O) groups is 2. The first-order valence-electron chi connectivity index (χ1n) is 14.9. The summed E-state index contributed by atoms with van der Waals surface area (Å²) in [6.07, 6.45) is -7.92. The van der Waals surface area contributed by atoms with Crippen molar-refractivity contribution >= 4 is 33.4 Å². The molecule has 47 heavy (non-hydrogen) atoms. The Morgan fingerprint density at radius 2 is 1.79 bits per heavy atom.